The van der Waals surface area contributed by atoms with Gasteiger partial charge in [-0.2, -0.15) is 0 Å². The van der Waals surface area contributed by atoms with Gasteiger partial charge in [-0.3, -0.25) is 0 Å². The molecule has 0 aliphatic carbocycles. The van der Waals surface area contributed by atoms with E-state index in [-0.39, 0.29) is 0 Å². The molecule has 2 heterocycles. The lowest BCUT2D eigenvalue weighted by molar-refractivity contribution is 0.532. The summed E-state index contributed by atoms with van der Waals surface area (Å²) in [5.41, 5.74) is 2.29. The molecule has 0 saturated carbocycles. The molecule has 3 rings (SSSR count). The summed E-state index contributed by atoms with van der Waals surface area (Å²) in [5, 5.41) is 4.86. The van der Waals surface area contributed by atoms with E-state index in [4.69, 9.17) is 4.42 Å². The maximum Gasteiger partial charge on any atom is 0.134 e. The monoisotopic (exact) mass is 299 g/mol. The molecule has 0 bridgehead atoms. The van der Waals surface area contributed by atoms with E-state index in [9.17, 15) is 0 Å². The zero-order valence-electron chi connectivity index (χ0n) is 12.8. The third kappa shape index (κ3) is 2.89. The van der Waals surface area contributed by atoms with Gasteiger partial charge in [-0.15, -0.1) is 11.3 Å². The fourth-order valence-electron chi connectivity index (χ4n) is 2.67. The Kier molecular flexibility index (Phi) is 4.13. The molecule has 1 atom stereocenters. The maximum atomic E-state index is 5.95. The average Bonchev–Trinajstić information content (AvgIpc) is 3.08. The van der Waals surface area contributed by atoms with E-state index in [2.05, 4.69) is 50.4 Å². The van der Waals surface area contributed by atoms with E-state index in [1.165, 1.54) is 20.7 Å². The molecule has 2 aromatic heterocycles. The largest absolute Gasteiger partial charge is 0.461 e. The van der Waals surface area contributed by atoms with Crippen LogP contribution in [0.5, 0.6) is 0 Å². The lowest BCUT2D eigenvalue weighted by Crippen LogP contribution is -2.17. The zero-order chi connectivity index (χ0) is 14.8. The molecule has 1 N–H and O–H groups in total. The quantitative estimate of drug-likeness (QED) is 0.699. The van der Waals surface area contributed by atoms with Crippen LogP contribution in [0.1, 0.15) is 41.0 Å². The van der Waals surface area contributed by atoms with Crippen molar-refractivity contribution in [3.63, 3.8) is 0 Å². The Morgan fingerprint density at radius 3 is 2.71 bits per heavy atom. The number of furan rings is 1. The smallest absolute Gasteiger partial charge is 0.134 e. The molecule has 1 aromatic carbocycles. The second-order valence-corrected chi connectivity index (χ2v) is 6.72. The number of aryl methyl sites for hydroxylation is 2. The lowest BCUT2D eigenvalue weighted by Gasteiger charge is -2.12. The first-order valence-corrected chi connectivity index (χ1v) is 8.29. The molecule has 0 amide bonds. The Morgan fingerprint density at radius 1 is 1.19 bits per heavy atom. The summed E-state index contributed by atoms with van der Waals surface area (Å²) >= 11 is 1.86. The van der Waals surface area contributed by atoms with Gasteiger partial charge in [0.1, 0.15) is 11.3 Å². The van der Waals surface area contributed by atoms with Gasteiger partial charge in [0.15, 0.2) is 0 Å². The zero-order valence-corrected chi connectivity index (χ0v) is 13.6. The van der Waals surface area contributed by atoms with Crippen LogP contribution in [0.2, 0.25) is 0 Å². The SMILES string of the molecule is CCc1oc2ccccc2c1CNC(C)c1ccc(C)s1. The van der Waals surface area contributed by atoms with Crippen molar-refractivity contribution in [3.05, 3.63) is 57.5 Å². The van der Waals surface area contributed by atoms with Crippen LogP contribution in [0.15, 0.2) is 40.8 Å². The predicted molar refractivity (Wildman–Crippen MR) is 89.9 cm³/mol. The van der Waals surface area contributed by atoms with E-state index in [0.29, 0.717) is 6.04 Å². The molecule has 0 spiro atoms. The molecule has 21 heavy (non-hydrogen) atoms. The number of thiophene rings is 1. The van der Waals surface area contributed by atoms with Gasteiger partial charge in [0, 0.05) is 39.7 Å². The van der Waals surface area contributed by atoms with E-state index in [0.717, 1.165) is 24.3 Å². The molecule has 1 unspecified atom stereocenters. The minimum atomic E-state index is 0.363. The predicted octanol–water partition coefficient (Wildman–Crippen LogP) is 5.22. The topological polar surface area (TPSA) is 25.2 Å². The fourth-order valence-corrected chi connectivity index (χ4v) is 3.57. The molecule has 0 fully saturated rings. The van der Waals surface area contributed by atoms with Crippen LogP contribution in [0, 0.1) is 6.92 Å². The Bertz CT molecular complexity index is 741. The number of hydrogen-bond donors (Lipinski definition) is 1. The standard InChI is InChI=1S/C18H21NOS/c1-4-16-15(14-7-5-6-8-17(14)20-16)11-19-13(3)18-10-9-12(2)21-18/h5-10,13,19H,4,11H2,1-3H3. The number of rotatable bonds is 5. The van der Waals surface area contributed by atoms with Crippen LogP contribution < -0.4 is 5.32 Å². The van der Waals surface area contributed by atoms with Crippen molar-refractivity contribution in [2.24, 2.45) is 0 Å². The molecule has 0 aliphatic heterocycles. The van der Waals surface area contributed by atoms with Crippen molar-refractivity contribution in [2.75, 3.05) is 0 Å². The highest BCUT2D eigenvalue weighted by Crippen LogP contribution is 2.28. The molecular weight excluding hydrogens is 278 g/mol. The summed E-state index contributed by atoms with van der Waals surface area (Å²) in [6, 6.07) is 13.1. The third-order valence-electron chi connectivity index (χ3n) is 3.88. The minimum absolute atomic E-state index is 0.363. The Balaban J connectivity index is 1.81. The maximum absolute atomic E-state index is 5.95. The van der Waals surface area contributed by atoms with Crippen molar-refractivity contribution >= 4 is 22.3 Å². The van der Waals surface area contributed by atoms with Gasteiger partial charge in [-0.1, -0.05) is 25.1 Å². The number of para-hydroxylation sites is 1. The molecule has 0 saturated heterocycles. The van der Waals surface area contributed by atoms with E-state index in [1.807, 2.05) is 23.5 Å². The van der Waals surface area contributed by atoms with Crippen molar-refractivity contribution in [3.8, 4) is 0 Å². The van der Waals surface area contributed by atoms with Gasteiger partial charge in [0.05, 0.1) is 0 Å². The van der Waals surface area contributed by atoms with E-state index >= 15 is 0 Å². The minimum Gasteiger partial charge on any atom is -0.461 e. The number of fused-ring (bicyclic) bond motifs is 1. The number of benzene rings is 1. The average molecular weight is 299 g/mol. The first-order chi connectivity index (χ1) is 10.2. The first-order valence-electron chi connectivity index (χ1n) is 7.48. The van der Waals surface area contributed by atoms with Crippen LogP contribution in [0.25, 0.3) is 11.0 Å². The molecule has 3 heteroatoms. The van der Waals surface area contributed by atoms with Crippen molar-refractivity contribution in [1.82, 2.24) is 5.32 Å². The summed E-state index contributed by atoms with van der Waals surface area (Å²) in [6.07, 6.45) is 0.929. The highest BCUT2D eigenvalue weighted by Gasteiger charge is 2.14. The summed E-state index contributed by atoms with van der Waals surface area (Å²) in [7, 11) is 0. The Morgan fingerprint density at radius 2 is 2.00 bits per heavy atom. The van der Waals surface area contributed by atoms with Gasteiger partial charge in [-0.05, 0) is 32.0 Å². The summed E-state index contributed by atoms with van der Waals surface area (Å²) in [6.45, 7) is 7.37. The van der Waals surface area contributed by atoms with Crippen LogP contribution >= 0.6 is 11.3 Å². The second-order valence-electron chi connectivity index (χ2n) is 5.40. The fraction of sp³-hybridized carbons (Fsp3) is 0.333. The van der Waals surface area contributed by atoms with Crippen LogP contribution in [-0.4, -0.2) is 0 Å². The molecular formula is C18H21NOS. The molecule has 2 nitrogen and oxygen atoms in total. The third-order valence-corrected chi connectivity index (χ3v) is 5.06. The normalized spacial score (nSPS) is 12.9. The van der Waals surface area contributed by atoms with Gasteiger partial charge >= 0.3 is 0 Å². The van der Waals surface area contributed by atoms with Gasteiger partial charge < -0.3 is 9.73 Å². The van der Waals surface area contributed by atoms with Crippen molar-refractivity contribution in [2.45, 2.75) is 39.8 Å². The summed E-state index contributed by atoms with van der Waals surface area (Å²) in [5.74, 6) is 1.10. The lowest BCUT2D eigenvalue weighted by atomic mass is 10.1. The number of nitrogens with one attached hydrogen (secondary N) is 1. The van der Waals surface area contributed by atoms with E-state index in [1.54, 1.807) is 0 Å². The molecule has 110 valence electrons. The van der Waals surface area contributed by atoms with Gasteiger partial charge in [0.25, 0.3) is 0 Å². The van der Waals surface area contributed by atoms with Gasteiger partial charge in [0.2, 0.25) is 0 Å². The number of hydrogen-bond acceptors (Lipinski definition) is 3. The highest BCUT2D eigenvalue weighted by atomic mass is 32.1. The Labute approximate surface area is 129 Å². The first kappa shape index (κ1) is 14.4. The highest BCUT2D eigenvalue weighted by molar-refractivity contribution is 7.12. The Hall–Kier alpha value is -1.58. The van der Waals surface area contributed by atoms with Gasteiger partial charge in [-0.25, -0.2) is 0 Å². The molecule has 3 aromatic rings. The second kappa shape index (κ2) is 6.04. The van der Waals surface area contributed by atoms with Crippen LogP contribution in [0.4, 0.5) is 0 Å². The van der Waals surface area contributed by atoms with Crippen LogP contribution in [0.3, 0.4) is 0 Å². The molecule has 0 aliphatic rings. The van der Waals surface area contributed by atoms with Crippen molar-refractivity contribution < 1.29 is 4.42 Å². The van der Waals surface area contributed by atoms with Crippen molar-refractivity contribution in [1.29, 1.82) is 0 Å². The van der Waals surface area contributed by atoms with Crippen LogP contribution in [-0.2, 0) is 13.0 Å². The summed E-state index contributed by atoms with van der Waals surface area (Å²) < 4.78 is 5.95. The molecule has 0 radical (unpaired) electrons. The summed E-state index contributed by atoms with van der Waals surface area (Å²) in [4.78, 5) is 2.75. The van der Waals surface area contributed by atoms with E-state index < -0.39 is 0 Å².